The molecule has 0 radical (unpaired) electrons. The average Bonchev–Trinajstić information content (AvgIpc) is 2.95. The Morgan fingerprint density at radius 2 is 1.84 bits per heavy atom. The van der Waals surface area contributed by atoms with Crippen molar-refractivity contribution in [1.29, 1.82) is 0 Å². The molecule has 0 fully saturated rings. The Kier molecular flexibility index (Phi) is 2.42. The minimum atomic E-state index is 0.301. The van der Waals surface area contributed by atoms with Crippen LogP contribution in [0.25, 0.3) is 10.8 Å². The van der Waals surface area contributed by atoms with Crippen molar-refractivity contribution < 1.29 is 0 Å². The zero-order valence-electron chi connectivity index (χ0n) is 10.7. The van der Waals surface area contributed by atoms with E-state index in [2.05, 4.69) is 70.7 Å². The second kappa shape index (κ2) is 4.25. The molecule has 0 saturated carbocycles. The molecule has 2 aromatic carbocycles. The van der Waals surface area contributed by atoms with Crippen molar-refractivity contribution in [1.82, 2.24) is 9.88 Å². The quantitative estimate of drug-likeness (QED) is 0.699. The summed E-state index contributed by atoms with van der Waals surface area (Å²) in [6.07, 6.45) is 2.17. The molecule has 2 heteroatoms. The summed E-state index contributed by atoms with van der Waals surface area (Å²) in [5.41, 5.74) is 2.74. The van der Waals surface area contributed by atoms with Crippen LogP contribution in [0, 0.1) is 0 Å². The third kappa shape index (κ3) is 1.68. The third-order valence-corrected chi connectivity index (χ3v) is 4.00. The molecule has 1 N–H and O–H groups in total. The Hall–Kier alpha value is -2.06. The van der Waals surface area contributed by atoms with Crippen molar-refractivity contribution in [3.63, 3.8) is 0 Å². The summed E-state index contributed by atoms with van der Waals surface area (Å²) in [4.78, 5) is 0. The molecule has 2 nitrogen and oxygen atoms in total. The number of aromatic nitrogens is 1. The first kappa shape index (κ1) is 10.8. The van der Waals surface area contributed by atoms with Crippen molar-refractivity contribution in [3.05, 3.63) is 72.1 Å². The minimum Gasteiger partial charge on any atom is -0.348 e. The lowest BCUT2D eigenvalue weighted by atomic mass is 9.96. The Balaban J connectivity index is 1.93. The summed E-state index contributed by atoms with van der Waals surface area (Å²) in [6, 6.07) is 19.9. The topological polar surface area (TPSA) is 17.0 Å². The van der Waals surface area contributed by atoms with Gasteiger partial charge in [-0.15, -0.1) is 0 Å². The van der Waals surface area contributed by atoms with E-state index < -0.39 is 0 Å². The monoisotopic (exact) mass is 248 g/mol. The van der Waals surface area contributed by atoms with Crippen LogP contribution in [0.2, 0.25) is 0 Å². The Bertz CT molecular complexity index is 721. The van der Waals surface area contributed by atoms with Gasteiger partial charge in [-0.3, -0.25) is 0 Å². The predicted molar refractivity (Wildman–Crippen MR) is 78.2 cm³/mol. The van der Waals surface area contributed by atoms with Crippen LogP contribution in [-0.2, 0) is 6.54 Å². The minimum absolute atomic E-state index is 0.301. The largest absolute Gasteiger partial charge is 0.348 e. The lowest BCUT2D eigenvalue weighted by molar-refractivity contribution is 0.469. The van der Waals surface area contributed by atoms with Crippen molar-refractivity contribution in [2.45, 2.75) is 12.6 Å². The first-order valence-electron chi connectivity index (χ1n) is 6.79. The van der Waals surface area contributed by atoms with E-state index in [1.54, 1.807) is 0 Å². The van der Waals surface area contributed by atoms with Crippen molar-refractivity contribution in [2.75, 3.05) is 6.54 Å². The number of hydrogen-bond acceptors (Lipinski definition) is 1. The van der Waals surface area contributed by atoms with Gasteiger partial charge in [-0.2, -0.15) is 0 Å². The van der Waals surface area contributed by atoms with Gasteiger partial charge in [0, 0.05) is 25.0 Å². The summed E-state index contributed by atoms with van der Waals surface area (Å²) < 4.78 is 2.35. The lowest BCUT2D eigenvalue weighted by Crippen LogP contribution is -2.33. The van der Waals surface area contributed by atoms with Crippen LogP contribution >= 0.6 is 0 Å². The SMILES string of the molecule is c1ccc2c([C@@H]3NCCn4cccc43)cccc2c1. The summed E-state index contributed by atoms with van der Waals surface area (Å²) >= 11 is 0. The highest BCUT2D eigenvalue weighted by atomic mass is 15.1. The highest BCUT2D eigenvalue weighted by molar-refractivity contribution is 5.86. The number of nitrogens with one attached hydrogen (secondary N) is 1. The van der Waals surface area contributed by atoms with E-state index in [1.807, 2.05) is 0 Å². The van der Waals surface area contributed by atoms with Gasteiger partial charge in [-0.1, -0.05) is 42.5 Å². The first-order chi connectivity index (χ1) is 9.43. The first-order valence-corrected chi connectivity index (χ1v) is 6.79. The Labute approximate surface area is 112 Å². The van der Waals surface area contributed by atoms with Crippen LogP contribution in [-0.4, -0.2) is 11.1 Å². The van der Waals surface area contributed by atoms with Gasteiger partial charge >= 0.3 is 0 Å². The van der Waals surface area contributed by atoms with E-state index in [4.69, 9.17) is 0 Å². The molecular formula is C17H16N2. The zero-order valence-corrected chi connectivity index (χ0v) is 10.7. The van der Waals surface area contributed by atoms with Gasteiger partial charge in [-0.05, 0) is 28.5 Å². The van der Waals surface area contributed by atoms with E-state index in [0.717, 1.165) is 13.1 Å². The van der Waals surface area contributed by atoms with Gasteiger partial charge in [0.15, 0.2) is 0 Å². The normalized spacial score (nSPS) is 18.4. The molecule has 1 aliphatic rings. The third-order valence-electron chi connectivity index (χ3n) is 4.00. The molecule has 1 atom stereocenters. The molecule has 3 aromatic rings. The molecule has 1 aliphatic heterocycles. The van der Waals surface area contributed by atoms with Gasteiger partial charge < -0.3 is 9.88 Å². The summed E-state index contributed by atoms with van der Waals surface area (Å²) in [7, 11) is 0. The fourth-order valence-corrected chi connectivity index (χ4v) is 3.10. The summed E-state index contributed by atoms with van der Waals surface area (Å²) in [5.74, 6) is 0. The lowest BCUT2D eigenvalue weighted by Gasteiger charge is -2.27. The van der Waals surface area contributed by atoms with Crippen molar-refractivity contribution in [2.24, 2.45) is 0 Å². The molecule has 2 heterocycles. The molecule has 0 amide bonds. The predicted octanol–water partition coefficient (Wildman–Crippen LogP) is 3.33. The maximum Gasteiger partial charge on any atom is 0.0737 e. The fourth-order valence-electron chi connectivity index (χ4n) is 3.10. The van der Waals surface area contributed by atoms with Gasteiger partial charge in [0.25, 0.3) is 0 Å². The second-order valence-electron chi connectivity index (χ2n) is 5.08. The van der Waals surface area contributed by atoms with Gasteiger partial charge in [-0.25, -0.2) is 0 Å². The summed E-state index contributed by atoms with van der Waals surface area (Å²) in [5, 5.41) is 6.30. The van der Waals surface area contributed by atoms with Crippen LogP contribution in [0.15, 0.2) is 60.8 Å². The molecule has 19 heavy (non-hydrogen) atoms. The van der Waals surface area contributed by atoms with Crippen LogP contribution in [0.3, 0.4) is 0 Å². The molecule has 0 saturated heterocycles. The van der Waals surface area contributed by atoms with E-state index in [0.29, 0.717) is 6.04 Å². The maximum atomic E-state index is 3.65. The van der Waals surface area contributed by atoms with E-state index in [-0.39, 0.29) is 0 Å². The highest BCUT2D eigenvalue weighted by Gasteiger charge is 2.21. The second-order valence-corrected chi connectivity index (χ2v) is 5.08. The molecule has 0 aliphatic carbocycles. The number of rotatable bonds is 1. The molecule has 0 unspecified atom stereocenters. The van der Waals surface area contributed by atoms with Crippen molar-refractivity contribution >= 4 is 10.8 Å². The number of hydrogen-bond donors (Lipinski definition) is 1. The maximum absolute atomic E-state index is 3.65. The Morgan fingerprint density at radius 3 is 2.84 bits per heavy atom. The van der Waals surface area contributed by atoms with Gasteiger partial charge in [0.05, 0.1) is 6.04 Å². The van der Waals surface area contributed by atoms with Crippen LogP contribution in [0.4, 0.5) is 0 Å². The molecule has 94 valence electrons. The molecule has 0 spiro atoms. The van der Waals surface area contributed by atoms with Gasteiger partial charge in [0.2, 0.25) is 0 Å². The number of fused-ring (bicyclic) bond motifs is 2. The van der Waals surface area contributed by atoms with Crippen LogP contribution < -0.4 is 5.32 Å². The Morgan fingerprint density at radius 1 is 0.947 bits per heavy atom. The number of benzene rings is 2. The van der Waals surface area contributed by atoms with E-state index in [9.17, 15) is 0 Å². The van der Waals surface area contributed by atoms with E-state index in [1.165, 1.54) is 22.0 Å². The van der Waals surface area contributed by atoms with Crippen molar-refractivity contribution in [3.8, 4) is 0 Å². The zero-order chi connectivity index (χ0) is 12.7. The standard InChI is InChI=1S/C17H16N2/c1-2-7-14-13(5-1)6-3-8-15(14)17-16-9-4-11-19(16)12-10-18-17/h1-9,11,17-18H,10,12H2/t17-/m0/s1. The molecule has 4 rings (SSSR count). The highest BCUT2D eigenvalue weighted by Crippen LogP contribution is 2.30. The molecule has 0 bridgehead atoms. The summed E-state index contributed by atoms with van der Waals surface area (Å²) in [6.45, 7) is 2.08. The smallest absolute Gasteiger partial charge is 0.0737 e. The molecular weight excluding hydrogens is 232 g/mol. The molecule has 1 aromatic heterocycles. The fraction of sp³-hybridized carbons (Fsp3) is 0.176. The van der Waals surface area contributed by atoms with Crippen LogP contribution in [0.1, 0.15) is 17.3 Å². The average molecular weight is 248 g/mol. The van der Waals surface area contributed by atoms with Crippen LogP contribution in [0.5, 0.6) is 0 Å². The van der Waals surface area contributed by atoms with E-state index >= 15 is 0 Å². The number of nitrogens with zero attached hydrogens (tertiary/aromatic N) is 1. The van der Waals surface area contributed by atoms with Gasteiger partial charge in [0.1, 0.15) is 0 Å².